The Kier molecular flexibility index (Phi) is 4.06. The first-order chi connectivity index (χ1) is 8.98. The number of nitrogens with two attached hydrogens (primary N) is 1. The lowest BCUT2D eigenvalue weighted by Crippen LogP contribution is -2.40. The Hall–Kier alpha value is -1.20. The zero-order valence-electron chi connectivity index (χ0n) is 10.3. The Morgan fingerprint density at radius 2 is 2.00 bits per heavy atom. The summed E-state index contributed by atoms with van der Waals surface area (Å²) in [5.41, 5.74) is 4.83. The lowest BCUT2D eigenvalue weighted by atomic mass is 9.85. The summed E-state index contributed by atoms with van der Waals surface area (Å²) in [6.45, 7) is 0.208. The van der Waals surface area contributed by atoms with Gasteiger partial charge in [0, 0.05) is 12.6 Å². The summed E-state index contributed by atoms with van der Waals surface area (Å²) in [5.74, 6) is -2.02. The summed E-state index contributed by atoms with van der Waals surface area (Å²) < 4.78 is 26.5. The predicted molar refractivity (Wildman–Crippen MR) is 70.0 cm³/mol. The highest BCUT2D eigenvalue weighted by Crippen LogP contribution is 2.39. The minimum Gasteiger partial charge on any atom is -0.329 e. The van der Waals surface area contributed by atoms with Gasteiger partial charge < -0.3 is 11.1 Å². The van der Waals surface area contributed by atoms with Crippen LogP contribution >= 0.6 is 11.6 Å². The van der Waals surface area contributed by atoms with E-state index in [9.17, 15) is 13.6 Å². The van der Waals surface area contributed by atoms with Crippen LogP contribution in [0.15, 0.2) is 12.1 Å². The molecule has 1 amide bonds. The molecular weight excluding hydrogens is 274 g/mol. The lowest BCUT2D eigenvalue weighted by Gasteiger charge is -2.26. The van der Waals surface area contributed by atoms with Crippen LogP contribution in [0, 0.1) is 17.0 Å². The standard InChI is InChI=1S/C13H15ClF2N2O/c14-9-5-8(15)6-10(16)11(9)18-12(19)13(7-17)3-1-2-4-13/h5-6H,1-4,7,17H2,(H,18,19). The molecule has 0 atom stereocenters. The van der Waals surface area contributed by atoms with Crippen molar-refractivity contribution >= 4 is 23.2 Å². The van der Waals surface area contributed by atoms with Crippen LogP contribution in [-0.2, 0) is 4.79 Å². The van der Waals surface area contributed by atoms with E-state index >= 15 is 0 Å². The Balaban J connectivity index is 2.24. The summed E-state index contributed by atoms with van der Waals surface area (Å²) in [5, 5.41) is 2.29. The third-order valence-corrected chi connectivity index (χ3v) is 3.98. The molecule has 1 aromatic carbocycles. The maximum atomic E-state index is 13.6. The van der Waals surface area contributed by atoms with Crippen molar-refractivity contribution in [3.63, 3.8) is 0 Å². The van der Waals surface area contributed by atoms with Crippen molar-refractivity contribution in [2.24, 2.45) is 11.1 Å². The van der Waals surface area contributed by atoms with Crippen LogP contribution in [0.2, 0.25) is 5.02 Å². The Morgan fingerprint density at radius 3 is 2.53 bits per heavy atom. The zero-order valence-corrected chi connectivity index (χ0v) is 11.1. The fraction of sp³-hybridized carbons (Fsp3) is 0.462. The zero-order chi connectivity index (χ0) is 14.0. The molecule has 0 heterocycles. The molecule has 1 aromatic rings. The third kappa shape index (κ3) is 2.72. The Bertz CT molecular complexity index is 478. The molecule has 1 aliphatic rings. The van der Waals surface area contributed by atoms with Gasteiger partial charge in [-0.2, -0.15) is 0 Å². The van der Waals surface area contributed by atoms with E-state index in [1.165, 1.54) is 0 Å². The van der Waals surface area contributed by atoms with Crippen molar-refractivity contribution < 1.29 is 13.6 Å². The fourth-order valence-electron chi connectivity index (χ4n) is 2.48. The summed E-state index contributed by atoms with van der Waals surface area (Å²) >= 11 is 5.75. The molecule has 1 saturated carbocycles. The average Bonchev–Trinajstić information content (AvgIpc) is 2.83. The molecule has 3 N–H and O–H groups in total. The second-order valence-corrected chi connectivity index (χ2v) is 5.30. The van der Waals surface area contributed by atoms with Crippen LogP contribution in [0.3, 0.4) is 0 Å². The van der Waals surface area contributed by atoms with Crippen molar-refractivity contribution in [3.8, 4) is 0 Å². The molecule has 0 aromatic heterocycles. The summed E-state index contributed by atoms with van der Waals surface area (Å²) in [7, 11) is 0. The number of rotatable bonds is 3. The predicted octanol–water partition coefficient (Wildman–Crippen LogP) is 3.08. The summed E-state index contributed by atoms with van der Waals surface area (Å²) in [6, 6.07) is 1.65. The van der Waals surface area contributed by atoms with Gasteiger partial charge in [0.15, 0.2) is 5.82 Å². The van der Waals surface area contributed by atoms with Crippen LogP contribution in [0.25, 0.3) is 0 Å². The highest BCUT2D eigenvalue weighted by atomic mass is 35.5. The van der Waals surface area contributed by atoms with Crippen LogP contribution in [0.1, 0.15) is 25.7 Å². The molecule has 0 saturated heterocycles. The van der Waals surface area contributed by atoms with Crippen LogP contribution in [0.5, 0.6) is 0 Å². The number of halogens is 3. The molecular formula is C13H15ClF2N2O. The molecule has 0 aliphatic heterocycles. The van der Waals surface area contributed by atoms with E-state index in [2.05, 4.69) is 5.32 Å². The first kappa shape index (κ1) is 14.2. The molecule has 0 radical (unpaired) electrons. The van der Waals surface area contributed by atoms with E-state index in [0.717, 1.165) is 18.9 Å². The van der Waals surface area contributed by atoms with Crippen LogP contribution in [-0.4, -0.2) is 12.5 Å². The number of hydrogen-bond donors (Lipinski definition) is 2. The maximum Gasteiger partial charge on any atom is 0.231 e. The van der Waals surface area contributed by atoms with Crippen molar-refractivity contribution in [3.05, 3.63) is 28.8 Å². The molecule has 1 fully saturated rings. The SMILES string of the molecule is NCC1(C(=O)Nc2c(F)cc(F)cc2Cl)CCCC1. The van der Waals surface area contributed by atoms with Gasteiger partial charge in [0.05, 0.1) is 16.1 Å². The minimum atomic E-state index is -0.886. The fourth-order valence-corrected chi connectivity index (χ4v) is 2.73. The highest BCUT2D eigenvalue weighted by Gasteiger charge is 2.40. The molecule has 0 bridgehead atoms. The molecule has 19 heavy (non-hydrogen) atoms. The number of anilines is 1. The van der Waals surface area contributed by atoms with Crippen molar-refractivity contribution in [2.45, 2.75) is 25.7 Å². The second-order valence-electron chi connectivity index (χ2n) is 4.89. The number of amides is 1. The van der Waals surface area contributed by atoms with E-state index in [0.29, 0.717) is 18.9 Å². The monoisotopic (exact) mass is 288 g/mol. The maximum absolute atomic E-state index is 13.6. The first-order valence-electron chi connectivity index (χ1n) is 6.14. The molecule has 1 aliphatic carbocycles. The second kappa shape index (κ2) is 5.43. The molecule has 2 rings (SSSR count). The quantitative estimate of drug-likeness (QED) is 0.898. The molecule has 6 heteroatoms. The van der Waals surface area contributed by atoms with Crippen molar-refractivity contribution in [2.75, 3.05) is 11.9 Å². The number of hydrogen-bond acceptors (Lipinski definition) is 2. The number of carbonyl (C=O) groups is 1. The normalized spacial score (nSPS) is 17.5. The van der Waals surface area contributed by atoms with Crippen LogP contribution < -0.4 is 11.1 Å². The minimum absolute atomic E-state index is 0.156. The summed E-state index contributed by atoms with van der Waals surface area (Å²) in [4.78, 5) is 12.2. The average molecular weight is 289 g/mol. The van der Waals surface area contributed by atoms with Crippen molar-refractivity contribution in [1.82, 2.24) is 0 Å². The van der Waals surface area contributed by atoms with Gasteiger partial charge in [-0.1, -0.05) is 24.4 Å². The molecule has 3 nitrogen and oxygen atoms in total. The summed E-state index contributed by atoms with van der Waals surface area (Å²) in [6.07, 6.45) is 3.19. The largest absolute Gasteiger partial charge is 0.329 e. The number of nitrogens with one attached hydrogen (secondary N) is 1. The molecule has 0 spiro atoms. The lowest BCUT2D eigenvalue weighted by molar-refractivity contribution is -0.124. The Morgan fingerprint density at radius 1 is 1.37 bits per heavy atom. The number of benzene rings is 1. The van der Waals surface area contributed by atoms with E-state index in [1.807, 2.05) is 0 Å². The van der Waals surface area contributed by atoms with E-state index in [-0.39, 0.29) is 23.2 Å². The van der Waals surface area contributed by atoms with Gasteiger partial charge in [-0.05, 0) is 18.9 Å². The topological polar surface area (TPSA) is 55.1 Å². The van der Waals surface area contributed by atoms with E-state index in [4.69, 9.17) is 17.3 Å². The van der Waals surface area contributed by atoms with Gasteiger partial charge in [-0.3, -0.25) is 4.79 Å². The van der Waals surface area contributed by atoms with Gasteiger partial charge in [-0.15, -0.1) is 0 Å². The van der Waals surface area contributed by atoms with Gasteiger partial charge in [-0.25, -0.2) is 8.78 Å². The van der Waals surface area contributed by atoms with Gasteiger partial charge in [0.1, 0.15) is 5.82 Å². The highest BCUT2D eigenvalue weighted by molar-refractivity contribution is 6.33. The van der Waals surface area contributed by atoms with Crippen molar-refractivity contribution in [1.29, 1.82) is 0 Å². The Labute approximate surface area is 115 Å². The molecule has 0 unspecified atom stereocenters. The van der Waals surface area contributed by atoms with Gasteiger partial charge in [0.25, 0.3) is 0 Å². The first-order valence-corrected chi connectivity index (χ1v) is 6.52. The van der Waals surface area contributed by atoms with Gasteiger partial charge >= 0.3 is 0 Å². The third-order valence-electron chi connectivity index (χ3n) is 3.68. The van der Waals surface area contributed by atoms with E-state index in [1.54, 1.807) is 0 Å². The smallest absolute Gasteiger partial charge is 0.231 e. The van der Waals surface area contributed by atoms with Gasteiger partial charge in [0.2, 0.25) is 5.91 Å². The van der Waals surface area contributed by atoms with E-state index < -0.39 is 17.0 Å². The number of carbonyl (C=O) groups excluding carboxylic acids is 1. The van der Waals surface area contributed by atoms with Crippen LogP contribution in [0.4, 0.5) is 14.5 Å². The molecule has 104 valence electrons.